The number of Topliss-reactive ketones (excluding diaryl/α,β-unsaturated/α-hetero) is 2. The molecule has 4 fully saturated rings. The van der Waals surface area contributed by atoms with Crippen molar-refractivity contribution in [2.24, 2.45) is 17.3 Å². The van der Waals surface area contributed by atoms with Gasteiger partial charge < -0.3 is 9.84 Å². The first-order valence-electron chi connectivity index (χ1n) is 9.09. The van der Waals surface area contributed by atoms with Crippen molar-refractivity contribution in [3.05, 3.63) is 11.6 Å². The standard InChI is InChI=1S/C19H24O4/c1-17-8-6-11-16(22)15-12(20)3-2-7-18(15)9-10-19(11,23-18)13(17)4-5-14(17)21/h6,12-13,15,20H,2-5,7-10H2,1H3/t12-,13-,15+,17+,18+,19-/m1/s1. The monoisotopic (exact) mass is 316 g/mol. The lowest BCUT2D eigenvalue weighted by molar-refractivity contribution is -0.207. The minimum atomic E-state index is -0.577. The third-order valence-corrected chi connectivity index (χ3v) is 7.72. The van der Waals surface area contributed by atoms with Crippen molar-refractivity contribution >= 4 is 11.6 Å². The van der Waals surface area contributed by atoms with Crippen molar-refractivity contribution in [2.75, 3.05) is 0 Å². The first-order valence-corrected chi connectivity index (χ1v) is 9.09. The fourth-order valence-electron chi connectivity index (χ4n) is 6.62. The minimum Gasteiger partial charge on any atom is -0.392 e. The molecule has 4 heteroatoms. The highest BCUT2D eigenvalue weighted by molar-refractivity contribution is 6.03. The number of carbonyl (C=O) groups excluding carboxylic acids is 2. The van der Waals surface area contributed by atoms with E-state index in [4.69, 9.17) is 4.74 Å². The summed E-state index contributed by atoms with van der Waals surface area (Å²) in [6, 6.07) is 0. The van der Waals surface area contributed by atoms with Gasteiger partial charge in [0.2, 0.25) is 0 Å². The van der Waals surface area contributed by atoms with E-state index in [2.05, 4.69) is 6.92 Å². The van der Waals surface area contributed by atoms with Crippen LogP contribution in [0.25, 0.3) is 0 Å². The molecule has 0 unspecified atom stereocenters. The fourth-order valence-corrected chi connectivity index (χ4v) is 6.62. The van der Waals surface area contributed by atoms with Crippen LogP contribution in [0, 0.1) is 17.3 Å². The van der Waals surface area contributed by atoms with Gasteiger partial charge in [0.05, 0.1) is 17.6 Å². The zero-order chi connectivity index (χ0) is 16.0. The van der Waals surface area contributed by atoms with E-state index < -0.39 is 17.3 Å². The maximum atomic E-state index is 13.2. The Morgan fingerprint density at radius 1 is 1.22 bits per heavy atom. The van der Waals surface area contributed by atoms with E-state index in [9.17, 15) is 14.7 Å². The van der Waals surface area contributed by atoms with Gasteiger partial charge in [-0.15, -0.1) is 0 Å². The lowest BCUT2D eigenvalue weighted by atomic mass is 9.59. The number of allylic oxidation sites excluding steroid dienone is 1. The molecule has 2 aliphatic heterocycles. The average molecular weight is 316 g/mol. The van der Waals surface area contributed by atoms with Crippen LogP contribution in [0.1, 0.15) is 58.3 Å². The predicted molar refractivity (Wildman–Crippen MR) is 82.7 cm³/mol. The van der Waals surface area contributed by atoms with E-state index >= 15 is 0 Å². The van der Waals surface area contributed by atoms with Gasteiger partial charge >= 0.3 is 0 Å². The van der Waals surface area contributed by atoms with Crippen LogP contribution in [-0.2, 0) is 14.3 Å². The molecule has 0 radical (unpaired) electrons. The smallest absolute Gasteiger partial charge is 0.170 e. The number of ether oxygens (including phenoxy) is 1. The number of fused-ring (bicyclic) bond motifs is 1. The summed E-state index contributed by atoms with van der Waals surface area (Å²) in [5, 5.41) is 10.5. The molecule has 124 valence electrons. The topological polar surface area (TPSA) is 63.6 Å². The van der Waals surface area contributed by atoms with Gasteiger partial charge in [-0.2, -0.15) is 0 Å². The zero-order valence-corrected chi connectivity index (χ0v) is 13.6. The highest BCUT2D eigenvalue weighted by Crippen LogP contribution is 2.66. The lowest BCUT2D eigenvalue weighted by Gasteiger charge is -2.55. The SMILES string of the molecule is C[C@]12CC=C3C(=O)[C@@H]4[C@H](O)CCC[C@]45CC[C@]3(O5)[C@@H]1CCC2=O. The molecule has 0 aromatic heterocycles. The second-order valence-electron chi connectivity index (χ2n) is 8.61. The average Bonchev–Trinajstić information content (AvgIpc) is 2.98. The maximum absolute atomic E-state index is 13.2. The molecule has 0 aromatic carbocycles. The van der Waals surface area contributed by atoms with Crippen LogP contribution in [0.15, 0.2) is 11.6 Å². The highest BCUT2D eigenvalue weighted by atomic mass is 16.5. The molecule has 6 atom stereocenters. The van der Waals surface area contributed by atoms with Crippen LogP contribution in [-0.4, -0.2) is 34.0 Å². The van der Waals surface area contributed by atoms with E-state index in [0.717, 1.165) is 37.7 Å². The largest absolute Gasteiger partial charge is 0.392 e. The number of ketones is 2. The molecular formula is C19H24O4. The molecular weight excluding hydrogens is 292 g/mol. The summed E-state index contributed by atoms with van der Waals surface area (Å²) in [6.07, 6.45) is 7.67. The third-order valence-electron chi connectivity index (χ3n) is 7.72. The molecule has 2 saturated carbocycles. The fraction of sp³-hybridized carbons (Fsp3) is 0.789. The van der Waals surface area contributed by atoms with E-state index in [0.29, 0.717) is 25.0 Å². The Balaban J connectivity index is 1.68. The minimum absolute atomic E-state index is 0.113. The molecule has 0 amide bonds. The van der Waals surface area contributed by atoms with Crippen LogP contribution >= 0.6 is 0 Å². The lowest BCUT2D eigenvalue weighted by Crippen LogP contribution is -2.62. The summed E-state index contributed by atoms with van der Waals surface area (Å²) in [4.78, 5) is 25.7. The molecule has 3 aliphatic carbocycles. The van der Waals surface area contributed by atoms with Gasteiger partial charge in [0.25, 0.3) is 0 Å². The van der Waals surface area contributed by atoms with Crippen molar-refractivity contribution in [3.63, 3.8) is 0 Å². The Kier molecular flexibility index (Phi) is 2.59. The van der Waals surface area contributed by atoms with Crippen molar-refractivity contribution in [1.82, 2.24) is 0 Å². The van der Waals surface area contributed by atoms with E-state index in [1.54, 1.807) is 0 Å². The normalized spacial score (nSPS) is 54.3. The Hall–Kier alpha value is -1.00. The number of aliphatic hydroxyl groups excluding tert-OH is 1. The second kappa shape index (κ2) is 4.15. The second-order valence-corrected chi connectivity index (χ2v) is 8.61. The van der Waals surface area contributed by atoms with E-state index in [-0.39, 0.29) is 23.0 Å². The number of aliphatic hydroxyl groups is 1. The highest BCUT2D eigenvalue weighted by Gasteiger charge is 2.71. The Morgan fingerprint density at radius 3 is 2.87 bits per heavy atom. The number of hydrogen-bond acceptors (Lipinski definition) is 4. The van der Waals surface area contributed by atoms with Crippen LogP contribution in [0.5, 0.6) is 0 Å². The molecule has 23 heavy (non-hydrogen) atoms. The van der Waals surface area contributed by atoms with Gasteiger partial charge in [-0.3, -0.25) is 9.59 Å². The quantitative estimate of drug-likeness (QED) is 0.745. The summed E-state index contributed by atoms with van der Waals surface area (Å²) in [5.41, 5.74) is -0.608. The summed E-state index contributed by atoms with van der Waals surface area (Å²) in [7, 11) is 0. The molecule has 5 rings (SSSR count). The van der Waals surface area contributed by atoms with Gasteiger partial charge in [0.15, 0.2) is 5.78 Å². The van der Waals surface area contributed by atoms with Crippen LogP contribution in [0.2, 0.25) is 0 Å². The van der Waals surface area contributed by atoms with Gasteiger partial charge in [0, 0.05) is 23.3 Å². The first kappa shape index (κ1) is 14.4. The predicted octanol–water partition coefficient (Wildman–Crippen LogP) is 2.33. The number of rotatable bonds is 0. The third kappa shape index (κ3) is 1.46. The molecule has 5 aliphatic rings. The number of carbonyl (C=O) groups is 2. The van der Waals surface area contributed by atoms with Crippen molar-refractivity contribution in [3.8, 4) is 0 Å². The molecule has 0 aromatic rings. The summed E-state index contributed by atoms with van der Waals surface area (Å²) in [6.45, 7) is 2.07. The van der Waals surface area contributed by atoms with Crippen molar-refractivity contribution < 1.29 is 19.4 Å². The molecule has 2 heterocycles. The molecule has 4 nitrogen and oxygen atoms in total. The number of hydrogen-bond donors (Lipinski definition) is 1. The molecule has 2 saturated heterocycles. The van der Waals surface area contributed by atoms with Gasteiger partial charge in [-0.05, 0) is 44.9 Å². The van der Waals surface area contributed by atoms with Crippen LogP contribution in [0.3, 0.4) is 0 Å². The van der Waals surface area contributed by atoms with Crippen LogP contribution in [0.4, 0.5) is 0 Å². The summed E-state index contributed by atoms with van der Waals surface area (Å²) < 4.78 is 6.75. The van der Waals surface area contributed by atoms with Crippen molar-refractivity contribution in [1.29, 1.82) is 0 Å². The first-order chi connectivity index (χ1) is 10.9. The van der Waals surface area contributed by atoms with E-state index in [1.165, 1.54) is 0 Å². The molecule has 2 bridgehead atoms. The van der Waals surface area contributed by atoms with Crippen LogP contribution < -0.4 is 0 Å². The Morgan fingerprint density at radius 2 is 2.04 bits per heavy atom. The van der Waals surface area contributed by atoms with Gasteiger partial charge in [-0.25, -0.2) is 0 Å². The van der Waals surface area contributed by atoms with E-state index in [1.807, 2.05) is 6.08 Å². The van der Waals surface area contributed by atoms with Crippen molar-refractivity contribution in [2.45, 2.75) is 75.6 Å². The summed E-state index contributed by atoms with van der Waals surface area (Å²) in [5.74, 6) is 0.183. The van der Waals surface area contributed by atoms with Gasteiger partial charge in [-0.1, -0.05) is 13.0 Å². The Labute approximate surface area is 136 Å². The molecule has 2 spiro atoms. The summed E-state index contributed by atoms with van der Waals surface area (Å²) >= 11 is 0. The molecule has 1 N–H and O–H groups in total. The Bertz CT molecular complexity index is 652. The van der Waals surface area contributed by atoms with Gasteiger partial charge in [0.1, 0.15) is 11.4 Å². The maximum Gasteiger partial charge on any atom is 0.170 e. The zero-order valence-electron chi connectivity index (χ0n) is 13.6.